The van der Waals surface area contributed by atoms with E-state index in [-0.39, 0.29) is 12.5 Å². The highest BCUT2D eigenvalue weighted by Crippen LogP contribution is 2.19. The number of carboxylic acids is 1. The normalized spacial score (nSPS) is 18.2. The maximum absolute atomic E-state index is 12.5. The summed E-state index contributed by atoms with van der Waals surface area (Å²) in [5.74, 6) is -1.43. The average Bonchev–Trinajstić information content (AvgIpc) is 3.09. The molecule has 3 rings (SSSR count). The minimum atomic E-state index is -0.834. The summed E-state index contributed by atoms with van der Waals surface area (Å²) in [7, 11) is 0. The fourth-order valence-electron chi connectivity index (χ4n) is 2.65. The first-order chi connectivity index (χ1) is 10.6. The molecule has 22 heavy (non-hydrogen) atoms. The van der Waals surface area contributed by atoms with Crippen molar-refractivity contribution >= 4 is 11.9 Å². The Bertz CT molecular complexity index is 667. The number of benzene rings is 1. The molecule has 1 aromatic heterocycles. The zero-order chi connectivity index (χ0) is 15.5. The Labute approximate surface area is 127 Å². The Balaban J connectivity index is 1.73. The lowest BCUT2D eigenvalue weighted by Gasteiger charge is -2.30. The van der Waals surface area contributed by atoms with Gasteiger partial charge in [0.2, 0.25) is 0 Å². The van der Waals surface area contributed by atoms with E-state index in [9.17, 15) is 9.59 Å². The molecule has 0 unspecified atom stereocenters. The van der Waals surface area contributed by atoms with Gasteiger partial charge in [0.25, 0.3) is 5.91 Å². The fourth-order valence-corrected chi connectivity index (χ4v) is 2.65. The van der Waals surface area contributed by atoms with Gasteiger partial charge in [0.15, 0.2) is 0 Å². The molecule has 1 saturated heterocycles. The van der Waals surface area contributed by atoms with Gasteiger partial charge in [0.1, 0.15) is 0 Å². The third-order valence-corrected chi connectivity index (χ3v) is 3.86. The number of hydrogen-bond acceptors (Lipinski definition) is 4. The summed E-state index contributed by atoms with van der Waals surface area (Å²) < 4.78 is 1.61. The van der Waals surface area contributed by atoms with E-state index in [1.54, 1.807) is 46.2 Å². The topological polar surface area (TPSA) is 88.3 Å². The van der Waals surface area contributed by atoms with Gasteiger partial charge in [-0.2, -0.15) is 0 Å². The van der Waals surface area contributed by atoms with Crippen molar-refractivity contribution in [2.24, 2.45) is 5.92 Å². The number of aliphatic carboxylic acids is 1. The highest BCUT2D eigenvalue weighted by atomic mass is 16.4. The van der Waals surface area contributed by atoms with Crippen LogP contribution in [0.4, 0.5) is 0 Å². The van der Waals surface area contributed by atoms with Crippen LogP contribution in [0.25, 0.3) is 5.69 Å². The van der Waals surface area contributed by atoms with Crippen LogP contribution in [-0.2, 0) is 4.79 Å². The van der Waals surface area contributed by atoms with E-state index < -0.39 is 11.9 Å². The second-order valence-corrected chi connectivity index (χ2v) is 5.32. The largest absolute Gasteiger partial charge is 0.481 e. The molecular formula is C15H16N4O3. The molecule has 0 aliphatic carbocycles. The summed E-state index contributed by atoms with van der Waals surface area (Å²) in [6.45, 7) is 0.881. The number of amides is 1. The van der Waals surface area contributed by atoms with Gasteiger partial charge in [-0.15, -0.1) is 5.10 Å². The SMILES string of the molecule is O=C(O)[C@@H]1CCCN(C(=O)c2ccc(-n3ccnn3)cc2)C1. The highest BCUT2D eigenvalue weighted by molar-refractivity contribution is 5.94. The number of hydrogen-bond donors (Lipinski definition) is 1. The molecule has 1 aliphatic heterocycles. The third-order valence-electron chi connectivity index (χ3n) is 3.86. The van der Waals surface area contributed by atoms with Crippen LogP contribution >= 0.6 is 0 Å². The van der Waals surface area contributed by atoms with Gasteiger partial charge in [0.05, 0.1) is 24.0 Å². The van der Waals surface area contributed by atoms with E-state index in [1.165, 1.54) is 0 Å². The highest BCUT2D eigenvalue weighted by Gasteiger charge is 2.28. The molecule has 0 saturated carbocycles. The Hall–Kier alpha value is -2.70. The number of rotatable bonds is 3. The van der Waals surface area contributed by atoms with Gasteiger partial charge >= 0.3 is 5.97 Å². The van der Waals surface area contributed by atoms with E-state index in [4.69, 9.17) is 5.11 Å². The van der Waals surface area contributed by atoms with Crippen LogP contribution in [0.15, 0.2) is 36.7 Å². The van der Waals surface area contributed by atoms with Crippen LogP contribution < -0.4 is 0 Å². The lowest BCUT2D eigenvalue weighted by atomic mass is 9.97. The van der Waals surface area contributed by atoms with E-state index >= 15 is 0 Å². The molecule has 1 atom stereocenters. The number of piperidine rings is 1. The van der Waals surface area contributed by atoms with Crippen LogP contribution in [0.3, 0.4) is 0 Å². The van der Waals surface area contributed by atoms with Crippen molar-refractivity contribution in [1.82, 2.24) is 19.9 Å². The van der Waals surface area contributed by atoms with Crippen molar-refractivity contribution in [3.05, 3.63) is 42.2 Å². The Morgan fingerprint density at radius 1 is 1.23 bits per heavy atom. The van der Waals surface area contributed by atoms with E-state index in [1.807, 2.05) is 0 Å². The summed E-state index contributed by atoms with van der Waals surface area (Å²) >= 11 is 0. The number of nitrogens with zero attached hydrogens (tertiary/aromatic N) is 4. The smallest absolute Gasteiger partial charge is 0.308 e. The van der Waals surface area contributed by atoms with Crippen molar-refractivity contribution in [2.45, 2.75) is 12.8 Å². The maximum atomic E-state index is 12.5. The van der Waals surface area contributed by atoms with Gasteiger partial charge < -0.3 is 10.0 Å². The van der Waals surface area contributed by atoms with Crippen molar-refractivity contribution in [3.63, 3.8) is 0 Å². The number of carbonyl (C=O) groups excluding carboxylic acids is 1. The molecule has 114 valence electrons. The number of carboxylic acid groups (broad SMARTS) is 1. The molecule has 0 radical (unpaired) electrons. The van der Waals surface area contributed by atoms with E-state index in [2.05, 4.69) is 10.3 Å². The first kappa shape index (κ1) is 14.2. The Morgan fingerprint density at radius 3 is 2.64 bits per heavy atom. The molecule has 1 aliphatic rings. The summed E-state index contributed by atoms with van der Waals surface area (Å²) in [6.07, 6.45) is 4.65. The van der Waals surface area contributed by atoms with Crippen molar-refractivity contribution in [1.29, 1.82) is 0 Å². The summed E-state index contributed by atoms with van der Waals surface area (Å²) in [5, 5.41) is 16.7. The first-order valence-corrected chi connectivity index (χ1v) is 7.14. The standard InChI is InChI=1S/C15H16N4O3/c20-14(18-8-1-2-12(10-18)15(21)22)11-3-5-13(6-4-11)19-9-7-16-17-19/h3-7,9,12H,1-2,8,10H2,(H,21,22)/t12-/m1/s1. The third kappa shape index (κ3) is 2.83. The Kier molecular flexibility index (Phi) is 3.86. The van der Waals surface area contributed by atoms with Crippen LogP contribution in [0, 0.1) is 5.92 Å². The minimum absolute atomic E-state index is 0.129. The summed E-state index contributed by atoms with van der Waals surface area (Å²) in [5.41, 5.74) is 1.37. The number of carbonyl (C=O) groups is 2. The van der Waals surface area contributed by atoms with Crippen LogP contribution in [-0.4, -0.2) is 50.0 Å². The van der Waals surface area contributed by atoms with Gasteiger partial charge in [-0.25, -0.2) is 4.68 Å². The first-order valence-electron chi connectivity index (χ1n) is 7.14. The van der Waals surface area contributed by atoms with Crippen molar-refractivity contribution in [3.8, 4) is 5.69 Å². The van der Waals surface area contributed by atoms with Gasteiger partial charge in [-0.1, -0.05) is 5.21 Å². The zero-order valence-corrected chi connectivity index (χ0v) is 11.9. The monoisotopic (exact) mass is 300 g/mol. The molecular weight excluding hydrogens is 284 g/mol. The molecule has 2 heterocycles. The lowest BCUT2D eigenvalue weighted by Crippen LogP contribution is -2.42. The molecule has 0 bridgehead atoms. The predicted molar refractivity (Wildman–Crippen MR) is 77.6 cm³/mol. The molecule has 7 nitrogen and oxygen atoms in total. The molecule has 1 fully saturated rings. The molecule has 0 spiro atoms. The van der Waals surface area contributed by atoms with Gasteiger partial charge in [0, 0.05) is 18.7 Å². The van der Waals surface area contributed by atoms with Crippen molar-refractivity contribution in [2.75, 3.05) is 13.1 Å². The van der Waals surface area contributed by atoms with E-state index in [0.717, 1.165) is 12.1 Å². The van der Waals surface area contributed by atoms with Crippen LogP contribution in [0.5, 0.6) is 0 Å². The van der Waals surface area contributed by atoms with Crippen LogP contribution in [0.1, 0.15) is 23.2 Å². The lowest BCUT2D eigenvalue weighted by molar-refractivity contribution is -0.143. The maximum Gasteiger partial charge on any atom is 0.308 e. The van der Waals surface area contributed by atoms with Gasteiger partial charge in [-0.3, -0.25) is 9.59 Å². The molecule has 7 heteroatoms. The second kappa shape index (κ2) is 5.97. The quantitative estimate of drug-likeness (QED) is 0.920. The van der Waals surface area contributed by atoms with E-state index in [0.29, 0.717) is 18.5 Å². The molecule has 1 aromatic carbocycles. The fraction of sp³-hybridized carbons (Fsp3) is 0.333. The number of aromatic nitrogens is 3. The summed E-state index contributed by atoms with van der Waals surface area (Å²) in [4.78, 5) is 25.2. The molecule has 1 N–H and O–H groups in total. The second-order valence-electron chi connectivity index (χ2n) is 5.32. The zero-order valence-electron chi connectivity index (χ0n) is 11.9. The number of likely N-dealkylation sites (tertiary alicyclic amines) is 1. The van der Waals surface area contributed by atoms with Crippen LogP contribution in [0.2, 0.25) is 0 Å². The van der Waals surface area contributed by atoms with Gasteiger partial charge in [-0.05, 0) is 37.1 Å². The predicted octanol–water partition coefficient (Wildman–Crippen LogP) is 1.20. The van der Waals surface area contributed by atoms with Crippen molar-refractivity contribution < 1.29 is 14.7 Å². The molecule has 2 aromatic rings. The Morgan fingerprint density at radius 2 is 2.00 bits per heavy atom. The average molecular weight is 300 g/mol. The molecule has 1 amide bonds. The minimum Gasteiger partial charge on any atom is -0.481 e. The summed E-state index contributed by atoms with van der Waals surface area (Å²) in [6, 6.07) is 7.04.